The molecule has 19 heteroatoms. The van der Waals surface area contributed by atoms with Crippen molar-refractivity contribution >= 4 is 39.5 Å². The molecule has 3 N–H and O–H groups in total. The molecule has 0 aromatic carbocycles. The molecule has 0 saturated carbocycles. The molecule has 99 heavy (non-hydrogen) atoms. The van der Waals surface area contributed by atoms with Gasteiger partial charge >= 0.3 is 39.5 Å². The number of esters is 4. The molecular formula is C80H156O17P2. The van der Waals surface area contributed by atoms with Crippen LogP contribution >= 0.6 is 15.6 Å². The van der Waals surface area contributed by atoms with Crippen molar-refractivity contribution in [2.75, 3.05) is 39.6 Å². The first-order valence-corrected chi connectivity index (χ1v) is 44.4. The average Bonchev–Trinajstić information content (AvgIpc) is 0.972. The van der Waals surface area contributed by atoms with Gasteiger partial charge in [-0.3, -0.25) is 37.3 Å². The van der Waals surface area contributed by atoms with Crippen molar-refractivity contribution in [3.05, 3.63) is 0 Å². The maximum atomic E-state index is 13.1. The lowest BCUT2D eigenvalue weighted by atomic mass is 9.99. The van der Waals surface area contributed by atoms with E-state index < -0.39 is 97.5 Å². The van der Waals surface area contributed by atoms with E-state index >= 15 is 0 Å². The summed E-state index contributed by atoms with van der Waals surface area (Å²) in [6.45, 7) is 12.0. The van der Waals surface area contributed by atoms with Crippen molar-refractivity contribution < 1.29 is 80.2 Å². The summed E-state index contributed by atoms with van der Waals surface area (Å²) >= 11 is 0. The number of ether oxygens (including phenoxy) is 4. The van der Waals surface area contributed by atoms with Gasteiger partial charge in [0.25, 0.3) is 0 Å². The molecule has 17 nitrogen and oxygen atoms in total. The van der Waals surface area contributed by atoms with Gasteiger partial charge in [0.1, 0.15) is 19.3 Å². The molecule has 0 saturated heterocycles. The number of aliphatic hydroxyl groups excluding tert-OH is 1. The van der Waals surface area contributed by atoms with E-state index in [-0.39, 0.29) is 25.7 Å². The lowest BCUT2D eigenvalue weighted by Gasteiger charge is -2.21. The summed E-state index contributed by atoms with van der Waals surface area (Å²) in [6, 6.07) is 0. The zero-order valence-corrected chi connectivity index (χ0v) is 66.8. The third-order valence-corrected chi connectivity index (χ3v) is 21.3. The molecule has 0 heterocycles. The fourth-order valence-electron chi connectivity index (χ4n) is 12.2. The Labute approximate surface area is 607 Å². The highest BCUT2D eigenvalue weighted by Crippen LogP contribution is 2.45. The Kier molecular flexibility index (Phi) is 69.0. The van der Waals surface area contributed by atoms with Crippen LogP contribution in [0.25, 0.3) is 0 Å². The van der Waals surface area contributed by atoms with Crippen molar-refractivity contribution in [1.29, 1.82) is 0 Å². The quantitative estimate of drug-likeness (QED) is 0.0222. The third-order valence-electron chi connectivity index (χ3n) is 19.4. The van der Waals surface area contributed by atoms with Crippen molar-refractivity contribution in [2.45, 2.75) is 433 Å². The Morgan fingerprint density at radius 1 is 0.293 bits per heavy atom. The maximum absolute atomic E-state index is 13.1. The number of hydrogen-bond donors (Lipinski definition) is 3. The number of phosphoric ester groups is 2. The Hall–Kier alpha value is -1.94. The normalized spacial score (nSPS) is 14.5. The number of hydrogen-bond acceptors (Lipinski definition) is 15. The number of carbonyl (C=O) groups excluding carboxylic acids is 4. The minimum absolute atomic E-state index is 0.106. The highest BCUT2D eigenvalue weighted by Gasteiger charge is 2.30. The van der Waals surface area contributed by atoms with Gasteiger partial charge in [-0.15, -0.1) is 0 Å². The molecule has 0 aliphatic rings. The summed E-state index contributed by atoms with van der Waals surface area (Å²) in [6.07, 6.45) is 58.1. The van der Waals surface area contributed by atoms with Crippen LogP contribution in [0.4, 0.5) is 0 Å². The summed E-state index contributed by atoms with van der Waals surface area (Å²) in [5.41, 5.74) is 0. The molecule has 0 aromatic rings. The van der Waals surface area contributed by atoms with Gasteiger partial charge in [0.2, 0.25) is 0 Å². The van der Waals surface area contributed by atoms with E-state index in [0.717, 1.165) is 108 Å². The summed E-state index contributed by atoms with van der Waals surface area (Å²) in [4.78, 5) is 73.0. The number of carbonyl (C=O) groups is 4. The van der Waals surface area contributed by atoms with Crippen molar-refractivity contribution in [2.24, 2.45) is 17.8 Å². The molecule has 0 bridgehead atoms. The molecule has 0 fully saturated rings. The summed E-state index contributed by atoms with van der Waals surface area (Å²) < 4.78 is 68.7. The first-order valence-electron chi connectivity index (χ1n) is 41.4. The van der Waals surface area contributed by atoms with E-state index in [0.29, 0.717) is 25.7 Å². The average molecular weight is 1450 g/mol. The number of unbranched alkanes of at least 4 members (excludes halogenated alkanes) is 44. The van der Waals surface area contributed by atoms with Crippen LogP contribution < -0.4 is 0 Å². The van der Waals surface area contributed by atoms with Gasteiger partial charge in [-0.1, -0.05) is 363 Å². The number of rotatable bonds is 78. The van der Waals surface area contributed by atoms with Gasteiger partial charge in [-0.2, -0.15) is 0 Å². The highest BCUT2D eigenvalue weighted by atomic mass is 31.2. The topological polar surface area (TPSA) is 237 Å². The van der Waals surface area contributed by atoms with Crippen LogP contribution in [0.1, 0.15) is 414 Å². The van der Waals surface area contributed by atoms with Gasteiger partial charge in [0.05, 0.1) is 26.4 Å². The smallest absolute Gasteiger partial charge is 0.462 e. The predicted molar refractivity (Wildman–Crippen MR) is 405 cm³/mol. The van der Waals surface area contributed by atoms with Crippen LogP contribution in [0.3, 0.4) is 0 Å². The standard InChI is InChI=1S/C80H156O17P2/c1-8-11-12-13-14-15-24-33-40-47-54-61-77(82)90-68-76(97-80(85)64-57-50-43-36-29-30-37-44-51-58-71(4)5)70-95-99(88,89)93-66-74(81)65-92-98(86,87)94-69-75(96-79(84)63-56-49-42-35-28-23-19-17-21-26-32-39-46-53-60-73(7)10-3)67-91-78(83)62-55-48-41-34-27-22-18-16-20-25-31-38-45-52-59-72(6)9-2/h71-76,81H,8-70H2,1-7H3,(H,86,87)(H,88,89)/t72?,73?,74-,75-,76-/m1/s1. The summed E-state index contributed by atoms with van der Waals surface area (Å²) in [5.74, 6) is 0.320. The molecule has 0 amide bonds. The van der Waals surface area contributed by atoms with Gasteiger partial charge < -0.3 is 33.8 Å². The van der Waals surface area contributed by atoms with E-state index in [2.05, 4.69) is 48.5 Å². The Balaban J connectivity index is 5.25. The number of aliphatic hydroxyl groups is 1. The third kappa shape index (κ3) is 71.5. The lowest BCUT2D eigenvalue weighted by molar-refractivity contribution is -0.161. The molecule has 0 aliphatic heterocycles. The molecule has 588 valence electrons. The van der Waals surface area contributed by atoms with Crippen LogP contribution in [-0.4, -0.2) is 96.7 Å². The molecule has 0 radical (unpaired) electrons. The Morgan fingerprint density at radius 2 is 0.515 bits per heavy atom. The highest BCUT2D eigenvalue weighted by molar-refractivity contribution is 7.47. The van der Waals surface area contributed by atoms with Crippen molar-refractivity contribution in [1.82, 2.24) is 0 Å². The zero-order valence-electron chi connectivity index (χ0n) is 65.0. The van der Waals surface area contributed by atoms with Crippen LogP contribution in [0.15, 0.2) is 0 Å². The minimum Gasteiger partial charge on any atom is -0.462 e. The monoisotopic (exact) mass is 1450 g/mol. The maximum Gasteiger partial charge on any atom is 0.472 e. The fraction of sp³-hybridized carbons (Fsp3) is 0.950. The van der Waals surface area contributed by atoms with E-state index in [1.165, 1.54) is 225 Å². The van der Waals surface area contributed by atoms with Crippen LogP contribution in [0, 0.1) is 17.8 Å². The van der Waals surface area contributed by atoms with Gasteiger partial charge in [0.15, 0.2) is 12.2 Å². The zero-order chi connectivity index (χ0) is 73.0. The second kappa shape index (κ2) is 70.4. The largest absolute Gasteiger partial charge is 0.472 e. The molecule has 7 atom stereocenters. The lowest BCUT2D eigenvalue weighted by Crippen LogP contribution is -2.30. The first kappa shape index (κ1) is 97.1. The van der Waals surface area contributed by atoms with E-state index in [9.17, 15) is 43.2 Å². The molecule has 0 aliphatic carbocycles. The summed E-state index contributed by atoms with van der Waals surface area (Å²) in [7, 11) is -9.92. The minimum atomic E-state index is -4.96. The van der Waals surface area contributed by atoms with Crippen LogP contribution in [-0.2, 0) is 65.4 Å². The van der Waals surface area contributed by atoms with Gasteiger partial charge in [0, 0.05) is 25.7 Å². The van der Waals surface area contributed by atoms with E-state index in [1.54, 1.807) is 0 Å². The van der Waals surface area contributed by atoms with Gasteiger partial charge in [-0.25, -0.2) is 9.13 Å². The van der Waals surface area contributed by atoms with Crippen molar-refractivity contribution in [3.63, 3.8) is 0 Å². The Morgan fingerprint density at radius 3 is 0.768 bits per heavy atom. The molecule has 0 aromatic heterocycles. The number of phosphoric acid groups is 2. The fourth-order valence-corrected chi connectivity index (χ4v) is 13.8. The van der Waals surface area contributed by atoms with E-state index in [1.807, 2.05) is 0 Å². The molecule has 0 spiro atoms. The molecular weight excluding hydrogens is 1290 g/mol. The van der Waals surface area contributed by atoms with Crippen LogP contribution in [0.5, 0.6) is 0 Å². The predicted octanol–water partition coefficient (Wildman–Crippen LogP) is 23.7. The molecule has 4 unspecified atom stereocenters. The van der Waals surface area contributed by atoms with E-state index in [4.69, 9.17) is 37.0 Å². The Bertz CT molecular complexity index is 1930. The molecule has 0 rings (SSSR count). The van der Waals surface area contributed by atoms with Crippen LogP contribution in [0.2, 0.25) is 0 Å². The first-order chi connectivity index (χ1) is 47.8. The second-order valence-electron chi connectivity index (χ2n) is 29.8. The second-order valence-corrected chi connectivity index (χ2v) is 32.7. The SMILES string of the molecule is CCCCCCCCCCCCCC(=O)OC[C@H](COP(=O)(O)OC[C@H](O)COP(=O)(O)OC[C@@H](COC(=O)CCCCCCCCCCCCCCCCC(C)CC)OC(=O)CCCCCCCCCCCCCCCCC(C)CC)OC(=O)CCCCCCCCCCCC(C)C. The van der Waals surface area contributed by atoms with Gasteiger partial charge in [-0.05, 0) is 43.4 Å². The summed E-state index contributed by atoms with van der Waals surface area (Å²) in [5, 5.41) is 10.6. The van der Waals surface area contributed by atoms with Crippen molar-refractivity contribution in [3.8, 4) is 0 Å².